The Morgan fingerprint density at radius 1 is 1.43 bits per heavy atom. The second kappa shape index (κ2) is 7.47. The largest absolute Gasteiger partial charge is 0.480 e. The maximum Gasteiger partial charge on any atom is 0.317 e. The Morgan fingerprint density at radius 3 is 3.00 bits per heavy atom. The first kappa shape index (κ1) is 15.9. The van der Waals surface area contributed by atoms with Crippen LogP contribution in [0.4, 0.5) is 8.78 Å². The van der Waals surface area contributed by atoms with Gasteiger partial charge in [0.1, 0.15) is 0 Å². The summed E-state index contributed by atoms with van der Waals surface area (Å²) in [6.45, 7) is 2.59. The van der Waals surface area contributed by atoms with Crippen LogP contribution in [0.5, 0.6) is 0 Å². The van der Waals surface area contributed by atoms with E-state index in [2.05, 4.69) is 10.2 Å². The van der Waals surface area contributed by atoms with Crippen molar-refractivity contribution in [1.82, 2.24) is 10.2 Å². The molecule has 0 amide bonds. The van der Waals surface area contributed by atoms with E-state index in [0.29, 0.717) is 24.6 Å². The van der Waals surface area contributed by atoms with Gasteiger partial charge in [-0.1, -0.05) is 12.1 Å². The van der Waals surface area contributed by atoms with Crippen molar-refractivity contribution in [2.24, 2.45) is 5.92 Å². The molecule has 0 radical (unpaired) electrons. The molecule has 0 bridgehead atoms. The fourth-order valence-corrected chi connectivity index (χ4v) is 2.76. The van der Waals surface area contributed by atoms with Crippen LogP contribution < -0.4 is 5.32 Å². The Labute approximate surface area is 122 Å². The van der Waals surface area contributed by atoms with Crippen molar-refractivity contribution in [2.45, 2.75) is 19.4 Å². The fraction of sp³-hybridized carbons (Fsp3) is 0.533. The monoisotopic (exact) mass is 298 g/mol. The summed E-state index contributed by atoms with van der Waals surface area (Å²) in [5.74, 6) is -2.12. The van der Waals surface area contributed by atoms with E-state index in [-0.39, 0.29) is 6.54 Å². The van der Waals surface area contributed by atoms with Crippen molar-refractivity contribution in [1.29, 1.82) is 0 Å². The highest BCUT2D eigenvalue weighted by molar-refractivity contribution is 5.68. The number of halogens is 2. The summed E-state index contributed by atoms with van der Waals surface area (Å²) in [6.07, 6.45) is 2.01. The highest BCUT2D eigenvalue weighted by Gasteiger charge is 2.21. The van der Waals surface area contributed by atoms with Gasteiger partial charge in [0.05, 0.1) is 6.54 Å². The van der Waals surface area contributed by atoms with Crippen LogP contribution in [0.1, 0.15) is 18.4 Å². The van der Waals surface area contributed by atoms with Gasteiger partial charge < -0.3 is 10.4 Å². The number of carbonyl (C=O) groups is 1. The Hall–Kier alpha value is -1.53. The lowest BCUT2D eigenvalue weighted by Gasteiger charge is -2.32. The van der Waals surface area contributed by atoms with E-state index in [0.717, 1.165) is 32.0 Å². The second-order valence-corrected chi connectivity index (χ2v) is 5.48. The normalized spacial score (nSPS) is 19.6. The van der Waals surface area contributed by atoms with E-state index >= 15 is 0 Å². The highest BCUT2D eigenvalue weighted by atomic mass is 19.2. The van der Waals surface area contributed by atoms with Crippen LogP contribution in [0.2, 0.25) is 0 Å². The lowest BCUT2D eigenvalue weighted by molar-refractivity contribution is -0.136. The lowest BCUT2D eigenvalue weighted by Crippen LogP contribution is -2.40. The van der Waals surface area contributed by atoms with Crippen molar-refractivity contribution in [3.8, 4) is 0 Å². The average molecular weight is 298 g/mol. The molecule has 1 fully saturated rings. The Morgan fingerprint density at radius 2 is 2.24 bits per heavy atom. The molecule has 1 atom stereocenters. The molecule has 1 heterocycles. The first-order valence-corrected chi connectivity index (χ1v) is 7.14. The Balaban J connectivity index is 1.86. The predicted octanol–water partition coefficient (Wildman–Crippen LogP) is 1.85. The van der Waals surface area contributed by atoms with Crippen LogP contribution in [0.25, 0.3) is 0 Å². The van der Waals surface area contributed by atoms with Crippen LogP contribution in [0.3, 0.4) is 0 Å². The number of carboxylic acids is 1. The molecule has 2 N–H and O–H groups in total. The summed E-state index contributed by atoms with van der Waals surface area (Å²) in [5.41, 5.74) is 0.370. The van der Waals surface area contributed by atoms with Gasteiger partial charge in [0.2, 0.25) is 0 Å². The number of nitrogens with one attached hydrogen (secondary N) is 1. The zero-order chi connectivity index (χ0) is 15.2. The van der Waals surface area contributed by atoms with Crippen LogP contribution in [0, 0.1) is 17.6 Å². The number of hydrogen-bond acceptors (Lipinski definition) is 3. The van der Waals surface area contributed by atoms with E-state index < -0.39 is 17.6 Å². The summed E-state index contributed by atoms with van der Waals surface area (Å²) in [4.78, 5) is 12.6. The maximum atomic E-state index is 13.7. The number of likely N-dealkylation sites (tertiary alicyclic amines) is 1. The van der Waals surface area contributed by atoms with Crippen molar-refractivity contribution in [2.75, 3.05) is 26.2 Å². The molecule has 116 valence electrons. The number of aliphatic carboxylic acids is 1. The zero-order valence-electron chi connectivity index (χ0n) is 11.8. The van der Waals surface area contributed by atoms with Gasteiger partial charge in [0.15, 0.2) is 11.6 Å². The van der Waals surface area contributed by atoms with Gasteiger partial charge in [-0.15, -0.1) is 0 Å². The molecule has 2 rings (SSSR count). The molecular formula is C15H20F2N2O2. The molecular weight excluding hydrogens is 278 g/mol. The number of hydrogen-bond donors (Lipinski definition) is 2. The molecule has 1 aromatic rings. The summed E-state index contributed by atoms with van der Waals surface area (Å²) in [5, 5.41) is 11.5. The number of carboxylic acid groups (broad SMARTS) is 1. The number of rotatable bonds is 6. The molecule has 1 aromatic carbocycles. The molecule has 0 spiro atoms. The third kappa shape index (κ3) is 4.75. The molecule has 0 saturated carbocycles. The van der Waals surface area contributed by atoms with Gasteiger partial charge in [-0.2, -0.15) is 0 Å². The third-order valence-corrected chi connectivity index (χ3v) is 3.74. The summed E-state index contributed by atoms with van der Waals surface area (Å²) < 4.78 is 26.9. The van der Waals surface area contributed by atoms with Crippen LogP contribution >= 0.6 is 0 Å². The topological polar surface area (TPSA) is 52.6 Å². The number of nitrogens with zero attached hydrogens (tertiary/aromatic N) is 1. The summed E-state index contributed by atoms with van der Waals surface area (Å²) in [6, 6.07) is 4.24. The number of piperidine rings is 1. The maximum absolute atomic E-state index is 13.7. The Kier molecular flexibility index (Phi) is 5.64. The van der Waals surface area contributed by atoms with Gasteiger partial charge in [0.25, 0.3) is 0 Å². The highest BCUT2D eigenvalue weighted by Crippen LogP contribution is 2.20. The second-order valence-electron chi connectivity index (χ2n) is 5.48. The molecule has 1 unspecified atom stereocenters. The van der Waals surface area contributed by atoms with Gasteiger partial charge in [0, 0.05) is 18.7 Å². The molecule has 0 aromatic heterocycles. The minimum Gasteiger partial charge on any atom is -0.480 e. The van der Waals surface area contributed by atoms with Crippen molar-refractivity contribution < 1.29 is 18.7 Å². The number of benzene rings is 1. The van der Waals surface area contributed by atoms with Gasteiger partial charge in [-0.05, 0) is 37.9 Å². The lowest BCUT2D eigenvalue weighted by atomic mass is 9.97. The van der Waals surface area contributed by atoms with Gasteiger partial charge in [-0.25, -0.2) is 8.78 Å². The van der Waals surface area contributed by atoms with Crippen molar-refractivity contribution in [3.05, 3.63) is 35.4 Å². The SMILES string of the molecule is O=C(O)CNCC1CCCN(Cc2cccc(F)c2F)C1. The molecule has 1 saturated heterocycles. The van der Waals surface area contributed by atoms with E-state index in [4.69, 9.17) is 5.11 Å². The zero-order valence-corrected chi connectivity index (χ0v) is 11.8. The van der Waals surface area contributed by atoms with Gasteiger partial charge in [-0.3, -0.25) is 9.69 Å². The van der Waals surface area contributed by atoms with Crippen LogP contribution in [-0.2, 0) is 11.3 Å². The Bertz CT molecular complexity index is 497. The molecule has 1 aliphatic rings. The van der Waals surface area contributed by atoms with E-state index in [1.807, 2.05) is 0 Å². The first-order valence-electron chi connectivity index (χ1n) is 7.14. The molecule has 21 heavy (non-hydrogen) atoms. The van der Waals surface area contributed by atoms with Crippen LogP contribution in [-0.4, -0.2) is 42.2 Å². The molecule has 6 heteroatoms. The summed E-state index contributed by atoms with van der Waals surface area (Å²) in [7, 11) is 0. The fourth-order valence-electron chi connectivity index (χ4n) is 2.76. The van der Waals surface area contributed by atoms with E-state index in [1.165, 1.54) is 6.07 Å². The van der Waals surface area contributed by atoms with Crippen molar-refractivity contribution >= 4 is 5.97 Å². The average Bonchev–Trinajstić information content (AvgIpc) is 2.44. The molecule has 1 aliphatic heterocycles. The molecule has 4 nitrogen and oxygen atoms in total. The third-order valence-electron chi connectivity index (χ3n) is 3.74. The predicted molar refractivity (Wildman–Crippen MR) is 74.9 cm³/mol. The first-order chi connectivity index (χ1) is 10.1. The minimum atomic E-state index is -0.871. The van der Waals surface area contributed by atoms with Crippen LogP contribution in [0.15, 0.2) is 18.2 Å². The van der Waals surface area contributed by atoms with Crippen molar-refractivity contribution in [3.63, 3.8) is 0 Å². The van der Waals surface area contributed by atoms with E-state index in [1.54, 1.807) is 6.07 Å². The summed E-state index contributed by atoms with van der Waals surface area (Å²) >= 11 is 0. The quantitative estimate of drug-likeness (QED) is 0.841. The standard InChI is InChI=1S/C15H20F2N2O2/c16-13-5-1-4-12(15(13)17)10-19-6-2-3-11(9-19)7-18-8-14(20)21/h1,4-5,11,18H,2-3,6-10H2,(H,20,21). The van der Waals surface area contributed by atoms with Gasteiger partial charge >= 0.3 is 5.97 Å². The van der Waals surface area contributed by atoms with E-state index in [9.17, 15) is 13.6 Å². The smallest absolute Gasteiger partial charge is 0.317 e. The molecule has 0 aliphatic carbocycles. The minimum absolute atomic E-state index is 0.0466.